The SMILES string of the molecule is CN(c1ccc(-c2ccccc2-c2nc(-c3ccccc3)nc(-c3ccccc3)n2)cc1)c1cc2c(cc1-c1ccccc1)-c1ccccc1C2(C)C. The second-order valence-corrected chi connectivity index (χ2v) is 14.1. The predicted octanol–water partition coefficient (Wildman–Crippen LogP) is 12.3. The van der Waals surface area contributed by atoms with Crippen LogP contribution in [0.25, 0.3) is 67.5 Å². The molecule has 1 aliphatic carbocycles. The summed E-state index contributed by atoms with van der Waals surface area (Å²) in [7, 11) is 2.17. The highest BCUT2D eigenvalue weighted by atomic mass is 15.1. The van der Waals surface area contributed by atoms with Gasteiger partial charge in [-0.15, -0.1) is 0 Å². The molecule has 0 N–H and O–H groups in total. The summed E-state index contributed by atoms with van der Waals surface area (Å²) in [5.74, 6) is 1.94. The van der Waals surface area contributed by atoms with Crippen LogP contribution in [0.4, 0.5) is 11.4 Å². The van der Waals surface area contributed by atoms with Gasteiger partial charge in [-0.1, -0.05) is 166 Å². The molecule has 9 rings (SSSR count). The summed E-state index contributed by atoms with van der Waals surface area (Å²) in [6.07, 6.45) is 0. The van der Waals surface area contributed by atoms with E-state index in [0.717, 1.165) is 33.5 Å². The highest BCUT2D eigenvalue weighted by molar-refractivity contribution is 5.92. The lowest BCUT2D eigenvalue weighted by molar-refractivity contribution is 0.660. The highest BCUT2D eigenvalue weighted by Gasteiger charge is 2.36. The summed E-state index contributed by atoms with van der Waals surface area (Å²) in [4.78, 5) is 17.3. The molecule has 53 heavy (non-hydrogen) atoms. The van der Waals surface area contributed by atoms with Crippen LogP contribution in [0.5, 0.6) is 0 Å². The first-order valence-electron chi connectivity index (χ1n) is 18.1. The monoisotopic (exact) mass is 682 g/mol. The average molecular weight is 683 g/mol. The van der Waals surface area contributed by atoms with Gasteiger partial charge in [0.25, 0.3) is 0 Å². The van der Waals surface area contributed by atoms with Crippen molar-refractivity contribution in [2.45, 2.75) is 19.3 Å². The van der Waals surface area contributed by atoms with Crippen LogP contribution in [0, 0.1) is 0 Å². The predicted molar refractivity (Wildman–Crippen MR) is 219 cm³/mol. The van der Waals surface area contributed by atoms with Crippen LogP contribution >= 0.6 is 0 Å². The molecule has 1 aliphatic rings. The van der Waals surface area contributed by atoms with Crippen LogP contribution in [0.1, 0.15) is 25.0 Å². The number of hydrogen-bond donors (Lipinski definition) is 0. The molecule has 1 aromatic heterocycles. The number of rotatable bonds is 7. The van der Waals surface area contributed by atoms with Crippen LogP contribution in [0.3, 0.4) is 0 Å². The minimum Gasteiger partial charge on any atom is -0.344 e. The summed E-state index contributed by atoms with van der Waals surface area (Å²) in [5, 5.41) is 0. The van der Waals surface area contributed by atoms with Crippen LogP contribution in [0.2, 0.25) is 0 Å². The van der Waals surface area contributed by atoms with Crippen LogP contribution < -0.4 is 4.90 Å². The zero-order chi connectivity index (χ0) is 35.9. The molecule has 1 heterocycles. The normalized spacial score (nSPS) is 12.6. The molecule has 0 unspecified atom stereocenters. The maximum absolute atomic E-state index is 5.03. The Labute approximate surface area is 311 Å². The van der Waals surface area contributed by atoms with Crippen molar-refractivity contribution in [3.8, 4) is 67.5 Å². The van der Waals surface area contributed by atoms with Crippen molar-refractivity contribution in [3.05, 3.63) is 187 Å². The average Bonchev–Trinajstić information content (AvgIpc) is 3.46. The lowest BCUT2D eigenvalue weighted by atomic mass is 9.81. The van der Waals surface area contributed by atoms with E-state index >= 15 is 0 Å². The number of fused-ring (bicyclic) bond motifs is 3. The maximum atomic E-state index is 5.03. The molecule has 4 nitrogen and oxygen atoms in total. The van der Waals surface area contributed by atoms with Crippen molar-refractivity contribution in [3.63, 3.8) is 0 Å². The Hall–Kier alpha value is -6.65. The van der Waals surface area contributed by atoms with E-state index in [0.29, 0.717) is 17.5 Å². The van der Waals surface area contributed by atoms with E-state index in [-0.39, 0.29) is 5.41 Å². The fraction of sp³-hybridized carbons (Fsp3) is 0.0816. The Balaban J connectivity index is 1.12. The summed E-state index contributed by atoms with van der Waals surface area (Å²) >= 11 is 0. The van der Waals surface area contributed by atoms with Crippen molar-refractivity contribution >= 4 is 11.4 Å². The Morgan fingerprint density at radius 1 is 0.377 bits per heavy atom. The Morgan fingerprint density at radius 3 is 1.45 bits per heavy atom. The second-order valence-electron chi connectivity index (χ2n) is 14.1. The first-order valence-corrected chi connectivity index (χ1v) is 18.1. The molecule has 0 atom stereocenters. The molecule has 0 saturated heterocycles. The lowest BCUT2D eigenvalue weighted by Crippen LogP contribution is -2.17. The van der Waals surface area contributed by atoms with Gasteiger partial charge in [0.15, 0.2) is 17.5 Å². The second kappa shape index (κ2) is 13.2. The quantitative estimate of drug-likeness (QED) is 0.168. The molecule has 8 aromatic rings. The van der Waals surface area contributed by atoms with E-state index in [1.165, 1.54) is 39.1 Å². The van der Waals surface area contributed by atoms with E-state index < -0.39 is 0 Å². The fourth-order valence-electron chi connectivity index (χ4n) is 7.73. The first kappa shape index (κ1) is 32.3. The molecule has 7 aromatic carbocycles. The van der Waals surface area contributed by atoms with Gasteiger partial charge in [-0.2, -0.15) is 0 Å². The Bertz CT molecular complexity index is 2520. The summed E-state index contributed by atoms with van der Waals surface area (Å²) in [6, 6.07) is 61.8. The third kappa shape index (κ3) is 5.79. The molecule has 0 amide bonds. The van der Waals surface area contributed by atoms with Crippen molar-refractivity contribution in [2.24, 2.45) is 0 Å². The summed E-state index contributed by atoms with van der Waals surface area (Å²) in [5.41, 5.74) is 15.0. The van der Waals surface area contributed by atoms with Gasteiger partial charge in [-0.3, -0.25) is 0 Å². The van der Waals surface area contributed by atoms with E-state index in [9.17, 15) is 0 Å². The smallest absolute Gasteiger partial charge is 0.164 e. The maximum Gasteiger partial charge on any atom is 0.164 e. The van der Waals surface area contributed by atoms with Crippen molar-refractivity contribution in [1.82, 2.24) is 15.0 Å². The van der Waals surface area contributed by atoms with Crippen molar-refractivity contribution in [2.75, 3.05) is 11.9 Å². The van der Waals surface area contributed by atoms with Gasteiger partial charge < -0.3 is 4.90 Å². The standard InChI is InChI=1S/C49H38N4/c1-49(2)43-26-16-15-24-39(43)42-31-41(33-17-7-4-8-18-33)45(32-44(42)49)53(3)37-29-27-34(28-30-37)38-23-13-14-25-40(38)48-51-46(35-19-9-5-10-20-35)50-47(52-48)36-21-11-6-12-22-36/h4-32H,1-3H3. The zero-order valence-corrected chi connectivity index (χ0v) is 30.0. The molecule has 4 heteroatoms. The molecule has 254 valence electrons. The molecular formula is C49H38N4. The summed E-state index contributed by atoms with van der Waals surface area (Å²) < 4.78 is 0. The molecule has 0 bridgehead atoms. The molecule has 0 spiro atoms. The molecule has 0 radical (unpaired) electrons. The minimum absolute atomic E-state index is 0.0971. The molecule has 0 fully saturated rings. The summed E-state index contributed by atoms with van der Waals surface area (Å²) in [6.45, 7) is 4.68. The number of hydrogen-bond acceptors (Lipinski definition) is 4. The van der Waals surface area contributed by atoms with Gasteiger partial charge in [-0.05, 0) is 63.2 Å². The van der Waals surface area contributed by atoms with E-state index in [2.05, 4.69) is 135 Å². The lowest BCUT2D eigenvalue weighted by Gasteiger charge is -2.27. The number of aromatic nitrogens is 3. The first-order chi connectivity index (χ1) is 26.0. The van der Waals surface area contributed by atoms with Crippen LogP contribution in [-0.4, -0.2) is 22.0 Å². The zero-order valence-electron chi connectivity index (χ0n) is 30.0. The van der Waals surface area contributed by atoms with Gasteiger partial charge in [0.2, 0.25) is 0 Å². The topological polar surface area (TPSA) is 41.9 Å². The molecular weight excluding hydrogens is 645 g/mol. The third-order valence-corrected chi connectivity index (χ3v) is 10.6. The van der Waals surface area contributed by atoms with Gasteiger partial charge in [0.05, 0.1) is 0 Å². The van der Waals surface area contributed by atoms with E-state index in [1.54, 1.807) is 0 Å². The van der Waals surface area contributed by atoms with Gasteiger partial charge in [0, 0.05) is 46.1 Å². The molecule has 0 aliphatic heterocycles. The largest absolute Gasteiger partial charge is 0.344 e. The van der Waals surface area contributed by atoms with Gasteiger partial charge >= 0.3 is 0 Å². The number of anilines is 2. The number of nitrogens with zero attached hydrogens (tertiary/aromatic N) is 4. The van der Waals surface area contributed by atoms with E-state index in [1.807, 2.05) is 66.7 Å². The number of benzene rings is 7. The Morgan fingerprint density at radius 2 is 0.849 bits per heavy atom. The van der Waals surface area contributed by atoms with Gasteiger partial charge in [0.1, 0.15) is 0 Å². The van der Waals surface area contributed by atoms with Crippen molar-refractivity contribution < 1.29 is 0 Å². The van der Waals surface area contributed by atoms with Gasteiger partial charge in [-0.25, -0.2) is 15.0 Å². The fourth-order valence-corrected chi connectivity index (χ4v) is 7.73. The highest BCUT2D eigenvalue weighted by Crippen LogP contribution is 2.52. The van der Waals surface area contributed by atoms with Crippen molar-refractivity contribution in [1.29, 1.82) is 0 Å². The van der Waals surface area contributed by atoms with Crippen LogP contribution in [0.15, 0.2) is 176 Å². The van der Waals surface area contributed by atoms with Crippen LogP contribution in [-0.2, 0) is 5.41 Å². The molecule has 0 saturated carbocycles. The Kier molecular flexibility index (Phi) is 8.01. The third-order valence-electron chi connectivity index (χ3n) is 10.6. The van der Waals surface area contributed by atoms with E-state index in [4.69, 9.17) is 15.0 Å². The minimum atomic E-state index is -0.0971.